The van der Waals surface area contributed by atoms with Crippen LogP contribution in [0.3, 0.4) is 0 Å². The van der Waals surface area contributed by atoms with Crippen molar-refractivity contribution >= 4 is 0 Å². The zero-order chi connectivity index (χ0) is 19.2. The number of ether oxygens (including phenoxy) is 3. The number of benzene rings is 2. The molecule has 0 aliphatic carbocycles. The number of phenols is 3. The Kier molecular flexibility index (Phi) is 5.49. The van der Waals surface area contributed by atoms with Crippen LogP contribution in [0.4, 0.5) is 0 Å². The van der Waals surface area contributed by atoms with Gasteiger partial charge in [0.2, 0.25) is 12.5 Å². The molecule has 3 N–H and O–H groups in total. The summed E-state index contributed by atoms with van der Waals surface area (Å²) in [4.78, 5) is 0. The van der Waals surface area contributed by atoms with E-state index < -0.39 is 17.2 Å². The van der Waals surface area contributed by atoms with Crippen LogP contribution in [0.2, 0.25) is 0 Å². The lowest BCUT2D eigenvalue weighted by Crippen LogP contribution is -1.93. The molecule has 1 aliphatic rings. The molecule has 27 heavy (non-hydrogen) atoms. The fourth-order valence-electron chi connectivity index (χ4n) is 2.47. The Morgan fingerprint density at radius 3 is 2.19 bits per heavy atom. The van der Waals surface area contributed by atoms with Crippen molar-refractivity contribution in [2.24, 2.45) is 0 Å². The zero-order valence-corrected chi connectivity index (χ0v) is 14.7. The molecule has 0 bridgehead atoms. The Bertz CT molecular complexity index is 949. The summed E-state index contributed by atoms with van der Waals surface area (Å²) >= 11 is 0. The Balaban J connectivity index is 1.54. The van der Waals surface area contributed by atoms with Crippen molar-refractivity contribution in [2.45, 2.75) is 19.3 Å². The molecule has 2 aromatic rings. The number of unbranched alkanes of at least 4 members (excludes halogenated alkanes) is 2. The van der Waals surface area contributed by atoms with Crippen molar-refractivity contribution < 1.29 is 29.5 Å². The molecule has 1 heterocycles. The Labute approximate surface area is 156 Å². The van der Waals surface area contributed by atoms with Crippen molar-refractivity contribution in [3.63, 3.8) is 0 Å². The van der Waals surface area contributed by atoms with Crippen LogP contribution in [0, 0.1) is 23.7 Å². The quantitative estimate of drug-likeness (QED) is 0.439. The summed E-state index contributed by atoms with van der Waals surface area (Å²) in [6.07, 6.45) is 2.05. The smallest absolute Gasteiger partial charge is 0.231 e. The third-order valence-electron chi connectivity index (χ3n) is 3.80. The van der Waals surface area contributed by atoms with Crippen LogP contribution < -0.4 is 14.2 Å². The fourth-order valence-corrected chi connectivity index (χ4v) is 2.47. The highest BCUT2D eigenvalue weighted by Gasteiger charge is 2.19. The molecule has 1 aliphatic heterocycles. The molecule has 0 saturated carbocycles. The molecule has 0 amide bonds. The monoisotopic (exact) mass is 366 g/mol. The zero-order valence-electron chi connectivity index (χ0n) is 14.7. The molecule has 6 heteroatoms. The minimum atomic E-state index is -0.545. The maximum Gasteiger partial charge on any atom is 0.231 e. The number of aromatic hydroxyl groups is 3. The van der Waals surface area contributed by atoms with Crippen LogP contribution in [0.15, 0.2) is 24.3 Å². The van der Waals surface area contributed by atoms with E-state index in [0.29, 0.717) is 35.7 Å². The summed E-state index contributed by atoms with van der Waals surface area (Å²) in [6.45, 7) is 0.178. The third-order valence-corrected chi connectivity index (χ3v) is 3.80. The lowest BCUT2D eigenvalue weighted by molar-refractivity contribution is 0.171. The predicted molar refractivity (Wildman–Crippen MR) is 98.2 cm³/mol. The highest BCUT2D eigenvalue weighted by atomic mass is 16.7. The average Bonchev–Trinajstić information content (AvgIpc) is 3.13. The molecule has 0 fully saturated rings. The fraction of sp³-hybridized carbons (Fsp3) is 0.238. The Hall–Kier alpha value is -3.64. The van der Waals surface area contributed by atoms with Gasteiger partial charge in [0.1, 0.15) is 0 Å². The second-order valence-corrected chi connectivity index (χ2v) is 5.73. The SMILES string of the molecule is COc1cc(C#CCCCC#Cc2cc(O)c(O)c(O)c2)cc2c1OCO2. The second-order valence-electron chi connectivity index (χ2n) is 5.73. The van der Waals surface area contributed by atoms with E-state index in [0.717, 1.165) is 12.0 Å². The van der Waals surface area contributed by atoms with Gasteiger partial charge in [0, 0.05) is 30.0 Å². The van der Waals surface area contributed by atoms with Gasteiger partial charge < -0.3 is 29.5 Å². The largest absolute Gasteiger partial charge is 0.504 e. The lowest BCUT2D eigenvalue weighted by atomic mass is 10.1. The number of fused-ring (bicyclic) bond motifs is 1. The number of hydrogen-bond acceptors (Lipinski definition) is 6. The van der Waals surface area contributed by atoms with Gasteiger partial charge in [-0.1, -0.05) is 23.7 Å². The highest BCUT2D eigenvalue weighted by Crippen LogP contribution is 2.41. The molecule has 6 nitrogen and oxygen atoms in total. The van der Waals surface area contributed by atoms with E-state index in [1.165, 1.54) is 12.1 Å². The van der Waals surface area contributed by atoms with Crippen molar-refractivity contribution in [1.82, 2.24) is 0 Å². The molecular weight excluding hydrogens is 348 g/mol. The van der Waals surface area contributed by atoms with Crippen LogP contribution in [-0.2, 0) is 0 Å². The summed E-state index contributed by atoms with van der Waals surface area (Å²) in [5, 5.41) is 28.2. The van der Waals surface area contributed by atoms with E-state index in [9.17, 15) is 15.3 Å². The standard InChI is InChI=1S/C21H18O6/c1-25-18-11-15(12-19-21(18)27-13-26-19)8-6-4-2-3-5-7-14-9-16(22)20(24)17(23)10-14/h9-12,22-24H,2-4,13H2,1H3. The maximum atomic E-state index is 9.44. The number of hydrogen-bond donors (Lipinski definition) is 3. The molecule has 0 unspecified atom stereocenters. The van der Waals surface area contributed by atoms with E-state index in [2.05, 4.69) is 23.7 Å². The number of methoxy groups -OCH3 is 1. The van der Waals surface area contributed by atoms with Gasteiger partial charge in [0.05, 0.1) is 7.11 Å². The second kappa shape index (κ2) is 8.16. The topological polar surface area (TPSA) is 88.4 Å². The van der Waals surface area contributed by atoms with E-state index in [4.69, 9.17) is 14.2 Å². The van der Waals surface area contributed by atoms with E-state index in [1.807, 2.05) is 12.1 Å². The van der Waals surface area contributed by atoms with E-state index in [-0.39, 0.29) is 6.79 Å². The first-order valence-corrected chi connectivity index (χ1v) is 8.29. The average molecular weight is 366 g/mol. The molecule has 138 valence electrons. The van der Waals surface area contributed by atoms with Gasteiger partial charge >= 0.3 is 0 Å². The van der Waals surface area contributed by atoms with Gasteiger partial charge in [-0.3, -0.25) is 0 Å². The van der Waals surface area contributed by atoms with Crippen molar-refractivity contribution in [2.75, 3.05) is 13.9 Å². The third kappa shape index (κ3) is 4.31. The van der Waals surface area contributed by atoms with Crippen LogP contribution >= 0.6 is 0 Å². The molecule has 0 saturated heterocycles. The van der Waals surface area contributed by atoms with Crippen LogP contribution in [0.5, 0.6) is 34.5 Å². The van der Waals surface area contributed by atoms with E-state index >= 15 is 0 Å². The van der Waals surface area contributed by atoms with Gasteiger partial charge in [0.15, 0.2) is 28.7 Å². The molecule has 0 radical (unpaired) electrons. The summed E-state index contributed by atoms with van der Waals surface area (Å²) in [7, 11) is 1.57. The minimum Gasteiger partial charge on any atom is -0.504 e. The Morgan fingerprint density at radius 2 is 1.56 bits per heavy atom. The summed E-state index contributed by atoms with van der Waals surface area (Å²) in [6, 6.07) is 6.23. The molecule has 2 aromatic carbocycles. The molecular formula is C21H18O6. The molecule has 0 aromatic heterocycles. The maximum absolute atomic E-state index is 9.44. The van der Waals surface area contributed by atoms with Gasteiger partial charge in [-0.05, 0) is 24.6 Å². The van der Waals surface area contributed by atoms with Gasteiger partial charge in [0.25, 0.3) is 0 Å². The lowest BCUT2D eigenvalue weighted by Gasteiger charge is -2.04. The van der Waals surface area contributed by atoms with Crippen molar-refractivity contribution in [1.29, 1.82) is 0 Å². The molecule has 0 atom stereocenters. The first-order valence-electron chi connectivity index (χ1n) is 8.29. The normalized spacial score (nSPS) is 11.1. The van der Waals surface area contributed by atoms with Crippen molar-refractivity contribution in [3.8, 4) is 58.2 Å². The van der Waals surface area contributed by atoms with Gasteiger partial charge in [-0.25, -0.2) is 0 Å². The summed E-state index contributed by atoms with van der Waals surface area (Å²) in [5.41, 5.74) is 1.22. The van der Waals surface area contributed by atoms with Gasteiger partial charge in [-0.15, -0.1) is 0 Å². The highest BCUT2D eigenvalue weighted by molar-refractivity contribution is 5.58. The van der Waals surface area contributed by atoms with Gasteiger partial charge in [-0.2, -0.15) is 0 Å². The van der Waals surface area contributed by atoms with Crippen LogP contribution in [0.1, 0.15) is 30.4 Å². The van der Waals surface area contributed by atoms with Crippen molar-refractivity contribution in [3.05, 3.63) is 35.4 Å². The molecule has 3 rings (SSSR count). The number of phenolic OH excluding ortho intramolecular Hbond substituents is 3. The minimum absolute atomic E-state index is 0.178. The predicted octanol–water partition coefficient (Wildman–Crippen LogP) is 3.11. The number of rotatable bonds is 3. The first-order chi connectivity index (χ1) is 13.1. The van der Waals surface area contributed by atoms with E-state index in [1.54, 1.807) is 7.11 Å². The van der Waals surface area contributed by atoms with Crippen LogP contribution in [0.25, 0.3) is 0 Å². The summed E-state index contributed by atoms with van der Waals surface area (Å²) < 4.78 is 16.0. The molecule has 0 spiro atoms. The van der Waals surface area contributed by atoms with Crippen LogP contribution in [-0.4, -0.2) is 29.2 Å². The Morgan fingerprint density at radius 1 is 0.926 bits per heavy atom. The first kappa shape index (κ1) is 18.2. The summed E-state index contributed by atoms with van der Waals surface area (Å²) in [5.74, 6) is 12.4.